The zero-order valence-corrected chi connectivity index (χ0v) is 15.6. The van der Waals surface area contributed by atoms with Crippen molar-refractivity contribution in [3.63, 3.8) is 0 Å². The van der Waals surface area contributed by atoms with Crippen molar-refractivity contribution in [1.29, 1.82) is 0 Å². The second kappa shape index (κ2) is 7.68. The molecule has 0 spiro atoms. The first-order chi connectivity index (χ1) is 12.8. The lowest BCUT2D eigenvalue weighted by Gasteiger charge is -2.17. The Kier molecular flexibility index (Phi) is 4.95. The highest BCUT2D eigenvalue weighted by atomic mass is 32.2. The minimum absolute atomic E-state index is 0.778. The summed E-state index contributed by atoms with van der Waals surface area (Å²) in [4.78, 5) is 8.69. The van der Waals surface area contributed by atoms with Crippen LogP contribution in [0.4, 0.5) is 11.4 Å². The van der Waals surface area contributed by atoms with Crippen LogP contribution in [0.3, 0.4) is 0 Å². The smallest absolute Gasteiger partial charge is 0.179 e. The van der Waals surface area contributed by atoms with Gasteiger partial charge in [-0.15, -0.1) is 0 Å². The van der Waals surface area contributed by atoms with Crippen molar-refractivity contribution in [3.05, 3.63) is 101 Å². The van der Waals surface area contributed by atoms with Gasteiger partial charge in [0.15, 0.2) is 5.17 Å². The van der Waals surface area contributed by atoms with E-state index in [-0.39, 0.29) is 0 Å². The van der Waals surface area contributed by atoms with Gasteiger partial charge in [0, 0.05) is 5.69 Å². The second-order valence-electron chi connectivity index (χ2n) is 5.73. The van der Waals surface area contributed by atoms with Gasteiger partial charge in [-0.05, 0) is 47.7 Å². The van der Waals surface area contributed by atoms with E-state index < -0.39 is 0 Å². The van der Waals surface area contributed by atoms with Crippen LogP contribution in [0.1, 0.15) is 5.56 Å². The first-order valence-corrected chi connectivity index (χ1v) is 9.51. The third-order valence-electron chi connectivity index (χ3n) is 3.90. The number of aliphatic imine (C=N–C) groups is 1. The Morgan fingerprint density at radius 3 is 2.00 bits per heavy atom. The van der Waals surface area contributed by atoms with Crippen LogP contribution < -0.4 is 4.90 Å². The number of hydrogen-bond acceptors (Lipinski definition) is 3. The number of rotatable bonds is 3. The Morgan fingerprint density at radius 1 is 0.769 bits per heavy atom. The van der Waals surface area contributed by atoms with E-state index in [1.165, 1.54) is 0 Å². The molecule has 1 aliphatic heterocycles. The van der Waals surface area contributed by atoms with Crippen LogP contribution in [0.5, 0.6) is 0 Å². The van der Waals surface area contributed by atoms with Gasteiger partial charge in [0.2, 0.25) is 0 Å². The molecule has 0 unspecified atom stereocenters. The molecule has 1 aliphatic rings. The number of para-hydroxylation sites is 2. The van der Waals surface area contributed by atoms with E-state index >= 15 is 0 Å². The molecule has 0 N–H and O–H groups in total. The molecule has 4 heteroatoms. The fourth-order valence-corrected chi connectivity index (χ4v) is 4.11. The van der Waals surface area contributed by atoms with Crippen molar-refractivity contribution >= 4 is 51.6 Å². The number of thioether (sulfide) groups is 1. The number of amidine groups is 1. The largest absolute Gasteiger partial charge is 0.279 e. The third-order valence-corrected chi connectivity index (χ3v) is 5.42. The lowest BCUT2D eigenvalue weighted by atomic mass is 10.2. The molecule has 26 heavy (non-hydrogen) atoms. The molecular weight excluding hydrogens is 356 g/mol. The summed E-state index contributed by atoms with van der Waals surface area (Å²) >= 11 is 7.40. The fourth-order valence-electron chi connectivity index (χ4n) is 2.67. The molecule has 1 saturated heterocycles. The average Bonchev–Trinajstić information content (AvgIpc) is 2.99. The molecule has 4 rings (SSSR count). The third kappa shape index (κ3) is 3.62. The summed E-state index contributed by atoms with van der Waals surface area (Å²) < 4.78 is 0. The Morgan fingerprint density at radius 2 is 1.35 bits per heavy atom. The molecule has 1 heterocycles. The van der Waals surface area contributed by atoms with Crippen LogP contribution in [-0.4, -0.2) is 10.2 Å². The first kappa shape index (κ1) is 16.8. The highest BCUT2D eigenvalue weighted by Crippen LogP contribution is 2.38. The van der Waals surface area contributed by atoms with Gasteiger partial charge < -0.3 is 0 Å². The van der Waals surface area contributed by atoms with Gasteiger partial charge in [-0.2, -0.15) is 0 Å². The number of nitrogens with zero attached hydrogens (tertiary/aromatic N) is 2. The number of benzene rings is 3. The molecule has 0 bridgehead atoms. The predicted molar refractivity (Wildman–Crippen MR) is 117 cm³/mol. The molecule has 0 atom stereocenters. The van der Waals surface area contributed by atoms with Gasteiger partial charge in [-0.1, -0.05) is 78.9 Å². The molecule has 1 fully saturated rings. The van der Waals surface area contributed by atoms with Gasteiger partial charge in [0.25, 0.3) is 0 Å². The quantitative estimate of drug-likeness (QED) is 0.396. The molecule has 2 nitrogen and oxygen atoms in total. The normalized spacial score (nSPS) is 17.2. The van der Waals surface area contributed by atoms with Crippen LogP contribution in [0.25, 0.3) is 6.08 Å². The summed E-state index contributed by atoms with van der Waals surface area (Å²) in [6.45, 7) is 0. The van der Waals surface area contributed by atoms with Crippen molar-refractivity contribution in [3.8, 4) is 0 Å². The summed E-state index contributed by atoms with van der Waals surface area (Å²) in [5.41, 5.74) is 3.07. The maximum absolute atomic E-state index is 5.79. The van der Waals surface area contributed by atoms with Crippen molar-refractivity contribution < 1.29 is 0 Å². The zero-order chi connectivity index (χ0) is 17.8. The number of thiocarbonyl (C=S) groups is 1. The molecule has 0 radical (unpaired) electrons. The monoisotopic (exact) mass is 372 g/mol. The van der Waals surface area contributed by atoms with E-state index in [1.807, 2.05) is 71.6 Å². The van der Waals surface area contributed by atoms with E-state index in [0.29, 0.717) is 0 Å². The Balaban J connectivity index is 1.77. The molecule has 0 aliphatic carbocycles. The van der Waals surface area contributed by atoms with Crippen molar-refractivity contribution in [2.45, 2.75) is 0 Å². The summed E-state index contributed by atoms with van der Waals surface area (Å²) in [5, 5.41) is 0.870. The minimum Gasteiger partial charge on any atom is -0.279 e. The van der Waals surface area contributed by atoms with Crippen LogP contribution in [0.2, 0.25) is 0 Å². The van der Waals surface area contributed by atoms with Crippen molar-refractivity contribution in [2.75, 3.05) is 4.90 Å². The summed E-state index contributed by atoms with van der Waals surface area (Å²) in [5.74, 6) is 0. The Hall–Kier alpha value is -2.69. The fraction of sp³-hybridized carbons (Fsp3) is 0. The van der Waals surface area contributed by atoms with Crippen LogP contribution in [0.15, 0.2) is 101 Å². The van der Waals surface area contributed by atoms with Crippen LogP contribution in [0, 0.1) is 0 Å². The van der Waals surface area contributed by atoms with E-state index in [1.54, 1.807) is 11.8 Å². The van der Waals surface area contributed by atoms with Gasteiger partial charge in [-0.25, -0.2) is 4.99 Å². The lowest BCUT2D eigenvalue weighted by molar-refractivity contribution is 1.43. The second-order valence-corrected chi connectivity index (χ2v) is 7.12. The summed E-state index contributed by atoms with van der Waals surface area (Å²) in [6, 6.07) is 30.3. The van der Waals surface area contributed by atoms with Gasteiger partial charge in [0.05, 0.1) is 10.6 Å². The molecule has 126 valence electrons. The van der Waals surface area contributed by atoms with Gasteiger partial charge in [0.1, 0.15) is 4.99 Å². The van der Waals surface area contributed by atoms with Crippen LogP contribution in [-0.2, 0) is 0 Å². The van der Waals surface area contributed by atoms with E-state index in [4.69, 9.17) is 17.2 Å². The molecule has 3 aromatic carbocycles. The highest BCUT2D eigenvalue weighted by molar-refractivity contribution is 8.20. The molecular formula is C22H16N2S2. The summed E-state index contributed by atoms with van der Waals surface area (Å²) in [6.07, 6.45) is 2.12. The van der Waals surface area contributed by atoms with Gasteiger partial charge >= 0.3 is 0 Å². The number of hydrogen-bond donors (Lipinski definition) is 0. The van der Waals surface area contributed by atoms with Gasteiger partial charge in [-0.3, -0.25) is 4.90 Å². The Bertz CT molecular complexity index is 965. The SMILES string of the molecule is S=C1/C(=C\c2ccccc2)SC(=Nc2ccccc2)N1c1ccccc1. The molecule has 3 aromatic rings. The summed E-state index contributed by atoms with van der Waals surface area (Å²) in [7, 11) is 0. The van der Waals surface area contributed by atoms with Crippen molar-refractivity contribution in [2.24, 2.45) is 4.99 Å². The minimum atomic E-state index is 0.778. The number of anilines is 1. The molecule has 0 amide bonds. The average molecular weight is 373 g/mol. The zero-order valence-electron chi connectivity index (χ0n) is 13.9. The molecule has 0 aromatic heterocycles. The van der Waals surface area contributed by atoms with Crippen molar-refractivity contribution in [1.82, 2.24) is 0 Å². The maximum atomic E-state index is 5.79. The maximum Gasteiger partial charge on any atom is 0.179 e. The van der Waals surface area contributed by atoms with E-state index in [2.05, 4.69) is 30.3 Å². The first-order valence-electron chi connectivity index (χ1n) is 8.29. The van der Waals surface area contributed by atoms with E-state index in [0.717, 1.165) is 32.0 Å². The molecule has 0 saturated carbocycles. The lowest BCUT2D eigenvalue weighted by Crippen LogP contribution is -2.27. The standard InChI is InChI=1S/C22H16N2S2/c25-21-20(16-17-10-4-1-5-11-17)26-22(23-18-12-6-2-7-13-18)24(21)19-14-8-3-9-15-19/h1-16H/b20-16+,23-22?. The Labute approximate surface area is 162 Å². The predicted octanol–water partition coefficient (Wildman–Crippen LogP) is 6.30. The van der Waals surface area contributed by atoms with Crippen LogP contribution >= 0.6 is 24.0 Å². The highest BCUT2D eigenvalue weighted by Gasteiger charge is 2.31. The topological polar surface area (TPSA) is 15.6 Å². The van der Waals surface area contributed by atoms with E-state index in [9.17, 15) is 0 Å².